The van der Waals surface area contributed by atoms with Crippen LogP contribution in [-0.4, -0.2) is 21.2 Å². The predicted octanol–water partition coefficient (Wildman–Crippen LogP) is 2.53. The molecule has 18 heavy (non-hydrogen) atoms. The molecule has 4 N–H and O–H groups in total. The maximum Gasteiger partial charge on any atom is 0.324 e. The van der Waals surface area contributed by atoms with E-state index in [0.29, 0.717) is 5.82 Å². The molecule has 90 valence electrons. The van der Waals surface area contributed by atoms with Gasteiger partial charge in [0.25, 0.3) is 0 Å². The van der Waals surface area contributed by atoms with Crippen molar-refractivity contribution in [2.24, 2.45) is 0 Å². The Morgan fingerprint density at radius 2 is 2.11 bits per heavy atom. The Labute approximate surface area is 102 Å². The first-order chi connectivity index (χ1) is 8.81. The van der Waals surface area contributed by atoms with Gasteiger partial charge in [0, 0.05) is 23.5 Å². The van der Waals surface area contributed by atoms with Crippen LogP contribution in [0, 0.1) is 0 Å². The van der Waals surface area contributed by atoms with Gasteiger partial charge in [-0.2, -0.15) is 5.10 Å². The van der Waals surface area contributed by atoms with E-state index < -0.39 is 0 Å². The summed E-state index contributed by atoms with van der Waals surface area (Å²) in [5, 5.41) is 12.9. The highest BCUT2D eigenvalue weighted by Crippen LogP contribution is 2.17. The van der Waals surface area contributed by atoms with Crippen molar-refractivity contribution in [3.05, 3.63) is 42.7 Å². The van der Waals surface area contributed by atoms with Gasteiger partial charge in [-0.05, 0) is 23.6 Å². The molecule has 1 aromatic carbocycles. The SMILES string of the molecule is O=C(Nc1ccc2cc[nH]c2c1)Nc1ccn[nH]1. The summed E-state index contributed by atoms with van der Waals surface area (Å²) >= 11 is 0. The zero-order valence-corrected chi connectivity index (χ0v) is 9.40. The number of carbonyl (C=O) groups excluding carboxylic acids is 1. The first-order valence-corrected chi connectivity index (χ1v) is 5.46. The summed E-state index contributed by atoms with van der Waals surface area (Å²) in [6.45, 7) is 0. The van der Waals surface area contributed by atoms with Gasteiger partial charge in [-0.1, -0.05) is 6.07 Å². The maximum atomic E-state index is 11.7. The number of fused-ring (bicyclic) bond motifs is 1. The molecule has 0 spiro atoms. The predicted molar refractivity (Wildman–Crippen MR) is 69.5 cm³/mol. The lowest BCUT2D eigenvalue weighted by atomic mass is 10.2. The molecule has 6 nitrogen and oxygen atoms in total. The molecule has 0 saturated heterocycles. The standard InChI is InChI=1S/C12H11N5O/c18-12(16-11-4-6-14-17-11)15-9-2-1-8-3-5-13-10(8)7-9/h1-7,13H,(H3,14,15,16,17,18). The summed E-state index contributed by atoms with van der Waals surface area (Å²) in [4.78, 5) is 14.8. The van der Waals surface area contributed by atoms with Crippen molar-refractivity contribution in [1.29, 1.82) is 0 Å². The Morgan fingerprint density at radius 1 is 1.17 bits per heavy atom. The Hall–Kier alpha value is -2.76. The van der Waals surface area contributed by atoms with Gasteiger partial charge in [0.2, 0.25) is 0 Å². The Bertz CT molecular complexity index is 671. The van der Waals surface area contributed by atoms with E-state index in [1.807, 2.05) is 30.5 Å². The highest BCUT2D eigenvalue weighted by atomic mass is 16.2. The van der Waals surface area contributed by atoms with Crippen LogP contribution in [0.15, 0.2) is 42.7 Å². The first kappa shape index (κ1) is 10.4. The zero-order valence-electron chi connectivity index (χ0n) is 9.40. The largest absolute Gasteiger partial charge is 0.361 e. The topological polar surface area (TPSA) is 85.6 Å². The highest BCUT2D eigenvalue weighted by Gasteiger charge is 2.04. The Kier molecular flexibility index (Phi) is 2.45. The van der Waals surface area contributed by atoms with Crippen molar-refractivity contribution >= 4 is 28.4 Å². The van der Waals surface area contributed by atoms with Gasteiger partial charge in [-0.25, -0.2) is 4.79 Å². The second kappa shape index (κ2) is 4.25. The van der Waals surface area contributed by atoms with Gasteiger partial charge in [-0.15, -0.1) is 0 Å². The third-order valence-electron chi connectivity index (χ3n) is 2.56. The minimum absolute atomic E-state index is 0.315. The molecule has 0 fully saturated rings. The van der Waals surface area contributed by atoms with Gasteiger partial charge in [0.1, 0.15) is 5.82 Å². The van der Waals surface area contributed by atoms with Gasteiger partial charge in [0.15, 0.2) is 0 Å². The van der Waals surface area contributed by atoms with E-state index in [-0.39, 0.29) is 6.03 Å². The average molecular weight is 241 g/mol. The average Bonchev–Trinajstić information content (AvgIpc) is 2.98. The number of urea groups is 1. The number of anilines is 2. The number of H-pyrrole nitrogens is 2. The molecule has 0 saturated carbocycles. The summed E-state index contributed by atoms with van der Waals surface area (Å²) in [5.41, 5.74) is 1.70. The number of hydrogen-bond donors (Lipinski definition) is 4. The molecule has 2 heterocycles. The normalized spacial score (nSPS) is 10.4. The van der Waals surface area contributed by atoms with Crippen molar-refractivity contribution in [3.63, 3.8) is 0 Å². The number of hydrogen-bond acceptors (Lipinski definition) is 2. The second-order valence-corrected chi connectivity index (χ2v) is 3.83. The van der Waals surface area contributed by atoms with E-state index in [1.165, 1.54) is 0 Å². The Morgan fingerprint density at radius 3 is 2.94 bits per heavy atom. The molecule has 0 aliphatic carbocycles. The number of amides is 2. The molecule has 3 aromatic rings. The molecule has 0 bridgehead atoms. The first-order valence-electron chi connectivity index (χ1n) is 5.46. The molecular weight excluding hydrogens is 230 g/mol. The summed E-state index contributed by atoms with van der Waals surface area (Å²) in [6.07, 6.45) is 3.43. The molecule has 6 heteroatoms. The van der Waals surface area contributed by atoms with Crippen molar-refractivity contribution in [2.45, 2.75) is 0 Å². The van der Waals surface area contributed by atoms with Crippen LogP contribution in [0.25, 0.3) is 10.9 Å². The molecule has 0 radical (unpaired) electrons. The lowest BCUT2D eigenvalue weighted by molar-refractivity contribution is 0.262. The number of aromatic amines is 2. The number of rotatable bonds is 2. The van der Waals surface area contributed by atoms with E-state index in [4.69, 9.17) is 0 Å². The molecule has 2 amide bonds. The van der Waals surface area contributed by atoms with E-state index >= 15 is 0 Å². The van der Waals surface area contributed by atoms with Gasteiger partial charge >= 0.3 is 6.03 Å². The number of carbonyl (C=O) groups is 1. The zero-order chi connectivity index (χ0) is 12.4. The quantitative estimate of drug-likeness (QED) is 0.555. The van der Waals surface area contributed by atoms with Crippen LogP contribution < -0.4 is 10.6 Å². The van der Waals surface area contributed by atoms with Crippen LogP contribution in [0.3, 0.4) is 0 Å². The number of benzene rings is 1. The number of aromatic nitrogens is 3. The summed E-state index contributed by atoms with van der Waals surface area (Å²) in [6, 6.07) is 9.00. The van der Waals surface area contributed by atoms with Gasteiger partial charge < -0.3 is 10.3 Å². The monoisotopic (exact) mass is 241 g/mol. The van der Waals surface area contributed by atoms with Crippen LogP contribution >= 0.6 is 0 Å². The fraction of sp³-hybridized carbons (Fsp3) is 0. The lowest BCUT2D eigenvalue weighted by Crippen LogP contribution is -2.19. The molecule has 0 aliphatic heterocycles. The van der Waals surface area contributed by atoms with Crippen molar-refractivity contribution in [1.82, 2.24) is 15.2 Å². The van der Waals surface area contributed by atoms with Gasteiger partial charge in [-0.3, -0.25) is 10.4 Å². The third kappa shape index (κ3) is 2.03. The molecule has 0 unspecified atom stereocenters. The molecule has 3 rings (SSSR count). The fourth-order valence-corrected chi connectivity index (χ4v) is 1.74. The lowest BCUT2D eigenvalue weighted by Gasteiger charge is -2.05. The van der Waals surface area contributed by atoms with E-state index in [9.17, 15) is 4.79 Å². The minimum atomic E-state index is -0.315. The van der Waals surface area contributed by atoms with Crippen LogP contribution in [-0.2, 0) is 0 Å². The summed E-state index contributed by atoms with van der Waals surface area (Å²) < 4.78 is 0. The maximum absolute atomic E-state index is 11.7. The molecule has 2 aromatic heterocycles. The van der Waals surface area contributed by atoms with Crippen LogP contribution in [0.4, 0.5) is 16.3 Å². The van der Waals surface area contributed by atoms with Crippen LogP contribution in [0.2, 0.25) is 0 Å². The Balaban J connectivity index is 1.73. The van der Waals surface area contributed by atoms with Crippen molar-refractivity contribution in [3.8, 4) is 0 Å². The molecule has 0 atom stereocenters. The molecular formula is C12H11N5O. The summed E-state index contributed by atoms with van der Waals surface area (Å²) in [7, 11) is 0. The van der Waals surface area contributed by atoms with E-state index in [0.717, 1.165) is 16.6 Å². The van der Waals surface area contributed by atoms with E-state index in [1.54, 1.807) is 12.3 Å². The van der Waals surface area contributed by atoms with E-state index in [2.05, 4.69) is 25.8 Å². The summed E-state index contributed by atoms with van der Waals surface area (Å²) in [5.74, 6) is 0.549. The minimum Gasteiger partial charge on any atom is -0.361 e. The van der Waals surface area contributed by atoms with Crippen LogP contribution in [0.5, 0.6) is 0 Å². The second-order valence-electron chi connectivity index (χ2n) is 3.83. The van der Waals surface area contributed by atoms with Gasteiger partial charge in [0.05, 0.1) is 6.20 Å². The number of nitrogens with one attached hydrogen (secondary N) is 4. The number of nitrogens with zero attached hydrogens (tertiary/aromatic N) is 1. The molecule has 0 aliphatic rings. The highest BCUT2D eigenvalue weighted by molar-refractivity contribution is 6.00. The fourth-order valence-electron chi connectivity index (χ4n) is 1.74. The van der Waals surface area contributed by atoms with Crippen molar-refractivity contribution in [2.75, 3.05) is 10.6 Å². The van der Waals surface area contributed by atoms with Crippen LogP contribution in [0.1, 0.15) is 0 Å². The smallest absolute Gasteiger partial charge is 0.324 e. The third-order valence-corrected chi connectivity index (χ3v) is 2.56. The van der Waals surface area contributed by atoms with Crippen molar-refractivity contribution < 1.29 is 4.79 Å².